The van der Waals surface area contributed by atoms with Gasteiger partial charge in [-0.1, -0.05) is 36.2 Å². The quantitative estimate of drug-likeness (QED) is 0.909. The van der Waals surface area contributed by atoms with Crippen molar-refractivity contribution in [2.24, 2.45) is 5.73 Å². The fraction of sp³-hybridized carbons (Fsp3) is 0.438. The maximum absolute atomic E-state index is 12.1. The van der Waals surface area contributed by atoms with Crippen LogP contribution in [0.2, 0.25) is 0 Å². The molecule has 0 bridgehead atoms. The van der Waals surface area contributed by atoms with Gasteiger partial charge in [0.25, 0.3) is 0 Å². The summed E-state index contributed by atoms with van der Waals surface area (Å²) in [5, 5.41) is 0. The smallest absolute Gasteiger partial charge is 0.322 e. The van der Waals surface area contributed by atoms with Crippen molar-refractivity contribution in [3.05, 3.63) is 57.8 Å². The summed E-state index contributed by atoms with van der Waals surface area (Å²) in [7, 11) is 0. The third-order valence-electron chi connectivity index (χ3n) is 3.45. The van der Waals surface area contributed by atoms with Gasteiger partial charge in [-0.25, -0.2) is 4.79 Å². The van der Waals surface area contributed by atoms with Crippen molar-refractivity contribution in [3.63, 3.8) is 0 Å². The Hall–Kier alpha value is -1.81. The van der Waals surface area contributed by atoms with Gasteiger partial charge in [0.15, 0.2) is 0 Å². The van der Waals surface area contributed by atoms with Gasteiger partial charge >= 0.3 is 5.69 Å². The van der Waals surface area contributed by atoms with Crippen LogP contribution >= 0.6 is 0 Å². The molecule has 0 fully saturated rings. The molecule has 1 aromatic heterocycles. The Balaban J connectivity index is 2.19. The number of benzene rings is 1. The third kappa shape index (κ3) is 3.20. The van der Waals surface area contributed by atoms with Crippen LogP contribution in [-0.2, 0) is 13.1 Å². The number of rotatable bonds is 5. The molecular formula is C16H23N3O. The van der Waals surface area contributed by atoms with Crippen molar-refractivity contribution in [3.8, 4) is 0 Å². The Morgan fingerprint density at radius 1 is 1.10 bits per heavy atom. The van der Waals surface area contributed by atoms with Crippen LogP contribution in [0.25, 0.3) is 0 Å². The highest BCUT2D eigenvalue weighted by Gasteiger charge is 2.10. The molecular weight excluding hydrogens is 250 g/mol. The van der Waals surface area contributed by atoms with Gasteiger partial charge in [-0.05, 0) is 25.8 Å². The maximum Gasteiger partial charge on any atom is 0.328 e. The monoisotopic (exact) mass is 273 g/mol. The van der Waals surface area contributed by atoms with E-state index in [0.717, 1.165) is 18.5 Å². The Morgan fingerprint density at radius 2 is 1.70 bits per heavy atom. The van der Waals surface area contributed by atoms with Gasteiger partial charge in [-0.2, -0.15) is 0 Å². The van der Waals surface area contributed by atoms with E-state index in [1.807, 2.05) is 12.4 Å². The molecule has 2 N–H and O–H groups in total. The van der Waals surface area contributed by atoms with E-state index in [-0.39, 0.29) is 11.7 Å². The lowest BCUT2D eigenvalue weighted by molar-refractivity contribution is 0.541. The molecule has 0 aliphatic carbocycles. The molecule has 0 radical (unpaired) electrons. The van der Waals surface area contributed by atoms with Gasteiger partial charge in [-0.3, -0.25) is 9.13 Å². The second-order valence-electron chi connectivity index (χ2n) is 5.45. The zero-order valence-electron chi connectivity index (χ0n) is 12.5. The Labute approximate surface area is 119 Å². The minimum atomic E-state index is -0.163. The summed E-state index contributed by atoms with van der Waals surface area (Å²) >= 11 is 0. The number of nitrogens with two attached hydrogens (primary N) is 1. The summed E-state index contributed by atoms with van der Waals surface area (Å²) in [5.74, 6) is 0. The molecule has 1 heterocycles. The van der Waals surface area contributed by atoms with E-state index in [1.165, 1.54) is 11.1 Å². The molecule has 2 aromatic rings. The van der Waals surface area contributed by atoms with Crippen molar-refractivity contribution in [1.82, 2.24) is 9.13 Å². The summed E-state index contributed by atoms with van der Waals surface area (Å²) in [6.45, 7) is 7.45. The van der Waals surface area contributed by atoms with E-state index >= 15 is 0 Å². The Morgan fingerprint density at radius 3 is 2.30 bits per heavy atom. The molecule has 0 amide bonds. The Kier molecular flexibility index (Phi) is 4.45. The number of nitrogens with zero attached hydrogens (tertiary/aromatic N) is 2. The highest BCUT2D eigenvalue weighted by molar-refractivity contribution is 5.30. The number of hydrogen-bond donors (Lipinski definition) is 1. The Bertz CT molecular complexity index is 619. The van der Waals surface area contributed by atoms with Gasteiger partial charge in [-0.15, -0.1) is 0 Å². The van der Waals surface area contributed by atoms with Crippen molar-refractivity contribution in [2.45, 2.75) is 46.3 Å². The molecule has 0 aliphatic heterocycles. The zero-order valence-corrected chi connectivity index (χ0v) is 12.5. The van der Waals surface area contributed by atoms with Crippen molar-refractivity contribution < 1.29 is 0 Å². The van der Waals surface area contributed by atoms with Crippen LogP contribution in [0.3, 0.4) is 0 Å². The van der Waals surface area contributed by atoms with Crippen LogP contribution in [-0.4, -0.2) is 9.13 Å². The topological polar surface area (TPSA) is 52.9 Å². The van der Waals surface area contributed by atoms with E-state index in [9.17, 15) is 4.79 Å². The summed E-state index contributed by atoms with van der Waals surface area (Å²) in [4.78, 5) is 12.1. The van der Waals surface area contributed by atoms with Crippen LogP contribution in [0.5, 0.6) is 0 Å². The predicted molar refractivity (Wildman–Crippen MR) is 81.8 cm³/mol. The highest BCUT2D eigenvalue weighted by atomic mass is 16.1. The molecule has 2 rings (SSSR count). The molecule has 0 spiro atoms. The maximum atomic E-state index is 12.1. The molecule has 0 saturated carbocycles. The molecule has 1 unspecified atom stereocenters. The van der Waals surface area contributed by atoms with Gasteiger partial charge < -0.3 is 5.73 Å². The molecule has 0 saturated heterocycles. The second kappa shape index (κ2) is 6.09. The van der Waals surface area contributed by atoms with Crippen LogP contribution in [0.1, 0.15) is 36.1 Å². The second-order valence-corrected chi connectivity index (χ2v) is 5.45. The van der Waals surface area contributed by atoms with Crippen LogP contribution in [0.4, 0.5) is 0 Å². The largest absolute Gasteiger partial charge is 0.328 e. The van der Waals surface area contributed by atoms with Gasteiger partial charge in [0.1, 0.15) is 0 Å². The number of hydrogen-bond acceptors (Lipinski definition) is 2. The van der Waals surface area contributed by atoms with Crippen LogP contribution < -0.4 is 11.4 Å². The van der Waals surface area contributed by atoms with E-state index in [1.54, 1.807) is 9.13 Å². The van der Waals surface area contributed by atoms with Crippen molar-refractivity contribution >= 4 is 0 Å². The summed E-state index contributed by atoms with van der Waals surface area (Å²) in [6, 6.07) is 6.14. The van der Waals surface area contributed by atoms with E-state index < -0.39 is 0 Å². The summed E-state index contributed by atoms with van der Waals surface area (Å²) in [5.41, 5.74) is 9.75. The van der Waals surface area contributed by atoms with E-state index in [4.69, 9.17) is 5.73 Å². The SMILES string of the molecule is CCCn1ccn(CC(N)c2cc(C)cc(C)c2)c1=O. The summed E-state index contributed by atoms with van der Waals surface area (Å²) in [6.07, 6.45) is 4.60. The third-order valence-corrected chi connectivity index (χ3v) is 3.45. The van der Waals surface area contributed by atoms with Gasteiger partial charge in [0.05, 0.1) is 0 Å². The average molecular weight is 273 g/mol. The standard InChI is InChI=1S/C16H23N3O/c1-4-5-18-6-7-19(16(18)20)11-15(17)14-9-12(2)8-13(3)10-14/h6-10,15H,4-5,11,17H2,1-3H3. The van der Waals surface area contributed by atoms with Gasteiger partial charge in [0, 0.05) is 31.5 Å². The van der Waals surface area contributed by atoms with Gasteiger partial charge in [0.2, 0.25) is 0 Å². The number of imidazole rings is 1. The molecule has 20 heavy (non-hydrogen) atoms. The lowest BCUT2D eigenvalue weighted by Crippen LogP contribution is -2.28. The van der Waals surface area contributed by atoms with Crippen molar-refractivity contribution in [2.75, 3.05) is 0 Å². The highest BCUT2D eigenvalue weighted by Crippen LogP contribution is 2.16. The number of aryl methyl sites for hydroxylation is 3. The molecule has 108 valence electrons. The average Bonchev–Trinajstić information content (AvgIpc) is 2.71. The van der Waals surface area contributed by atoms with Crippen molar-refractivity contribution in [1.29, 1.82) is 0 Å². The van der Waals surface area contributed by atoms with Crippen LogP contribution in [0, 0.1) is 13.8 Å². The summed E-state index contributed by atoms with van der Waals surface area (Å²) < 4.78 is 3.42. The first-order valence-electron chi connectivity index (χ1n) is 7.10. The first-order chi connectivity index (χ1) is 9.51. The molecule has 1 atom stereocenters. The zero-order chi connectivity index (χ0) is 14.7. The minimum absolute atomic E-state index is 0.0201. The van der Waals surface area contributed by atoms with E-state index in [2.05, 4.69) is 39.0 Å². The minimum Gasteiger partial charge on any atom is -0.322 e. The fourth-order valence-corrected chi connectivity index (χ4v) is 2.54. The molecule has 4 heteroatoms. The number of aromatic nitrogens is 2. The normalized spacial score (nSPS) is 12.6. The first kappa shape index (κ1) is 14.6. The fourth-order valence-electron chi connectivity index (χ4n) is 2.54. The lowest BCUT2D eigenvalue weighted by atomic mass is 10.0. The van der Waals surface area contributed by atoms with E-state index in [0.29, 0.717) is 6.54 Å². The predicted octanol–water partition coefficient (Wildman–Crippen LogP) is 2.38. The molecule has 4 nitrogen and oxygen atoms in total. The molecule has 0 aliphatic rings. The first-order valence-corrected chi connectivity index (χ1v) is 7.10. The molecule has 1 aromatic carbocycles. The van der Waals surface area contributed by atoms with Crippen LogP contribution in [0.15, 0.2) is 35.4 Å². The lowest BCUT2D eigenvalue weighted by Gasteiger charge is -2.14.